The Morgan fingerprint density at radius 2 is 1.92 bits per heavy atom. The Bertz CT molecular complexity index is 643. The fraction of sp³-hybridized carbons (Fsp3) is 0.722. The van der Waals surface area contributed by atoms with Crippen LogP contribution in [-0.2, 0) is 15.9 Å². The smallest absolute Gasteiger partial charge is 0.410 e. The zero-order valence-electron chi connectivity index (χ0n) is 15.3. The number of carbonyl (C=O) groups is 2. The first-order valence-electron chi connectivity index (χ1n) is 9.00. The van der Waals surface area contributed by atoms with Crippen LogP contribution in [0, 0.1) is 0 Å². The standard InChI is InChI=1S/C18H27N3O4/c1-18(2,3)25-17(23)20-8-4-6-13-10-19-21(14-11-24-12-14)16(13)15(22)7-5-9-20/h10,14H,4-9,11-12H2,1-3H3. The molecule has 7 heteroatoms. The second-order valence-electron chi connectivity index (χ2n) is 7.75. The third kappa shape index (κ3) is 4.21. The molecule has 3 rings (SSSR count). The van der Waals surface area contributed by atoms with Gasteiger partial charge in [-0.25, -0.2) is 4.79 Å². The highest BCUT2D eigenvalue weighted by Crippen LogP contribution is 2.24. The van der Waals surface area contributed by atoms with Gasteiger partial charge in [-0.15, -0.1) is 0 Å². The second-order valence-corrected chi connectivity index (χ2v) is 7.75. The third-order valence-corrected chi connectivity index (χ3v) is 4.46. The van der Waals surface area contributed by atoms with Crippen LogP contribution in [0.3, 0.4) is 0 Å². The largest absolute Gasteiger partial charge is 0.444 e. The number of hydrogen-bond donors (Lipinski definition) is 0. The lowest BCUT2D eigenvalue weighted by molar-refractivity contribution is -0.0294. The number of amides is 1. The Kier molecular flexibility index (Phi) is 5.13. The summed E-state index contributed by atoms with van der Waals surface area (Å²) >= 11 is 0. The highest BCUT2D eigenvalue weighted by Gasteiger charge is 2.29. The lowest BCUT2D eigenvalue weighted by atomic mass is 10.0. The molecule has 0 saturated carbocycles. The minimum Gasteiger partial charge on any atom is -0.444 e. The maximum atomic E-state index is 12.7. The van der Waals surface area contributed by atoms with Crippen molar-refractivity contribution in [3.8, 4) is 0 Å². The van der Waals surface area contributed by atoms with E-state index in [0.717, 1.165) is 24.1 Å². The van der Waals surface area contributed by atoms with Gasteiger partial charge < -0.3 is 14.4 Å². The summed E-state index contributed by atoms with van der Waals surface area (Å²) in [5.41, 5.74) is 1.20. The van der Waals surface area contributed by atoms with E-state index in [0.29, 0.717) is 39.1 Å². The number of aryl methyl sites for hydroxylation is 1. The van der Waals surface area contributed by atoms with Crippen molar-refractivity contribution < 1.29 is 19.1 Å². The number of ketones is 1. The number of aromatic nitrogens is 2. The molecule has 1 fully saturated rings. The topological polar surface area (TPSA) is 73.7 Å². The molecular formula is C18H27N3O4. The summed E-state index contributed by atoms with van der Waals surface area (Å²) in [6.45, 7) is 7.99. The summed E-state index contributed by atoms with van der Waals surface area (Å²) in [5.74, 6) is 0.102. The number of hydrogen-bond acceptors (Lipinski definition) is 5. The van der Waals surface area contributed by atoms with Crippen LogP contribution in [-0.4, -0.2) is 58.5 Å². The fourth-order valence-electron chi connectivity index (χ4n) is 3.16. The zero-order valence-corrected chi connectivity index (χ0v) is 15.3. The van der Waals surface area contributed by atoms with E-state index in [1.807, 2.05) is 25.5 Å². The van der Waals surface area contributed by atoms with Gasteiger partial charge in [-0.05, 0) is 40.0 Å². The van der Waals surface area contributed by atoms with Gasteiger partial charge in [0, 0.05) is 25.1 Å². The van der Waals surface area contributed by atoms with E-state index < -0.39 is 5.60 Å². The molecule has 1 aromatic rings. The minimum atomic E-state index is -0.513. The highest BCUT2D eigenvalue weighted by atomic mass is 16.6. The van der Waals surface area contributed by atoms with Crippen LogP contribution in [0.2, 0.25) is 0 Å². The van der Waals surface area contributed by atoms with E-state index in [2.05, 4.69) is 5.10 Å². The molecule has 0 spiro atoms. The molecule has 0 radical (unpaired) electrons. The molecule has 0 unspecified atom stereocenters. The van der Waals surface area contributed by atoms with Crippen LogP contribution in [0.1, 0.15) is 62.1 Å². The summed E-state index contributed by atoms with van der Waals surface area (Å²) in [6, 6.07) is 0.175. The average molecular weight is 349 g/mol. The Morgan fingerprint density at radius 1 is 1.24 bits per heavy atom. The lowest BCUT2D eigenvalue weighted by Gasteiger charge is -2.29. The first-order chi connectivity index (χ1) is 11.8. The Hall–Kier alpha value is -1.89. The van der Waals surface area contributed by atoms with Crippen LogP contribution >= 0.6 is 0 Å². The van der Waals surface area contributed by atoms with E-state index >= 15 is 0 Å². The van der Waals surface area contributed by atoms with Crippen molar-refractivity contribution in [1.82, 2.24) is 14.7 Å². The van der Waals surface area contributed by atoms with Crippen LogP contribution in [0.25, 0.3) is 0 Å². The molecule has 2 aliphatic heterocycles. The predicted molar refractivity (Wildman–Crippen MR) is 91.8 cm³/mol. The Balaban J connectivity index is 1.71. The molecule has 1 aromatic heterocycles. The first kappa shape index (κ1) is 17.9. The first-order valence-corrected chi connectivity index (χ1v) is 9.00. The van der Waals surface area contributed by atoms with Crippen molar-refractivity contribution in [1.29, 1.82) is 0 Å². The monoisotopic (exact) mass is 349 g/mol. The molecule has 1 saturated heterocycles. The van der Waals surface area contributed by atoms with Gasteiger partial charge in [-0.3, -0.25) is 9.48 Å². The van der Waals surface area contributed by atoms with Crippen molar-refractivity contribution in [2.45, 2.75) is 58.1 Å². The Labute approximate surface area is 148 Å². The molecule has 1 amide bonds. The van der Waals surface area contributed by atoms with Gasteiger partial charge >= 0.3 is 6.09 Å². The van der Waals surface area contributed by atoms with Crippen LogP contribution in [0.5, 0.6) is 0 Å². The van der Waals surface area contributed by atoms with Crippen molar-refractivity contribution >= 4 is 11.9 Å². The SMILES string of the molecule is CC(C)(C)OC(=O)N1CCCC(=O)c2c(cnn2C2COC2)CCC1. The summed E-state index contributed by atoms with van der Waals surface area (Å²) < 4.78 is 12.5. The molecule has 0 atom stereocenters. The van der Waals surface area contributed by atoms with Crippen LogP contribution in [0.4, 0.5) is 4.79 Å². The molecule has 7 nitrogen and oxygen atoms in total. The van der Waals surface area contributed by atoms with Crippen molar-refractivity contribution in [3.05, 3.63) is 17.5 Å². The minimum absolute atomic E-state index is 0.102. The van der Waals surface area contributed by atoms with E-state index in [-0.39, 0.29) is 17.9 Å². The predicted octanol–water partition coefficient (Wildman–Crippen LogP) is 2.60. The molecule has 25 heavy (non-hydrogen) atoms. The molecule has 0 aromatic carbocycles. The average Bonchev–Trinajstić information content (AvgIpc) is 2.85. The lowest BCUT2D eigenvalue weighted by Crippen LogP contribution is -2.38. The van der Waals surface area contributed by atoms with Gasteiger partial charge in [0.2, 0.25) is 0 Å². The maximum Gasteiger partial charge on any atom is 0.410 e. The number of rotatable bonds is 1. The van der Waals surface area contributed by atoms with E-state index in [1.165, 1.54) is 0 Å². The van der Waals surface area contributed by atoms with Gasteiger partial charge in [0.15, 0.2) is 5.78 Å². The maximum absolute atomic E-state index is 12.7. The summed E-state index contributed by atoms with van der Waals surface area (Å²) in [5, 5.41) is 4.43. The van der Waals surface area contributed by atoms with Crippen LogP contribution in [0.15, 0.2) is 6.20 Å². The van der Waals surface area contributed by atoms with Crippen molar-refractivity contribution in [3.63, 3.8) is 0 Å². The normalized spacial score (nSPS) is 20.0. The van der Waals surface area contributed by atoms with E-state index in [9.17, 15) is 9.59 Å². The van der Waals surface area contributed by atoms with Crippen molar-refractivity contribution in [2.24, 2.45) is 0 Å². The van der Waals surface area contributed by atoms with Crippen LogP contribution < -0.4 is 0 Å². The highest BCUT2D eigenvalue weighted by molar-refractivity contribution is 5.96. The van der Waals surface area contributed by atoms with Gasteiger partial charge in [0.25, 0.3) is 0 Å². The molecule has 0 N–H and O–H groups in total. The van der Waals surface area contributed by atoms with Crippen molar-refractivity contribution in [2.75, 3.05) is 26.3 Å². The van der Waals surface area contributed by atoms with E-state index in [1.54, 1.807) is 11.1 Å². The zero-order chi connectivity index (χ0) is 18.0. The van der Waals surface area contributed by atoms with Gasteiger partial charge in [0.05, 0.1) is 25.5 Å². The number of ether oxygens (including phenoxy) is 2. The summed E-state index contributed by atoms with van der Waals surface area (Å²) in [6.07, 6.45) is 4.05. The molecule has 0 aliphatic carbocycles. The van der Waals surface area contributed by atoms with E-state index in [4.69, 9.17) is 9.47 Å². The number of carbonyl (C=O) groups excluding carboxylic acids is 2. The molecule has 0 bridgehead atoms. The summed E-state index contributed by atoms with van der Waals surface area (Å²) in [7, 11) is 0. The molecular weight excluding hydrogens is 322 g/mol. The van der Waals surface area contributed by atoms with Gasteiger partial charge in [-0.1, -0.05) is 0 Å². The molecule has 138 valence electrons. The number of Topliss-reactive ketones (excluding diaryl/α,β-unsaturated/α-hetero) is 1. The quantitative estimate of drug-likeness (QED) is 0.779. The fourth-order valence-corrected chi connectivity index (χ4v) is 3.16. The second kappa shape index (κ2) is 7.15. The number of fused-ring (bicyclic) bond motifs is 1. The molecule has 2 aliphatic rings. The summed E-state index contributed by atoms with van der Waals surface area (Å²) in [4.78, 5) is 26.8. The van der Waals surface area contributed by atoms with Gasteiger partial charge in [0.1, 0.15) is 11.3 Å². The molecule has 3 heterocycles. The van der Waals surface area contributed by atoms with Gasteiger partial charge in [-0.2, -0.15) is 5.10 Å². The third-order valence-electron chi connectivity index (χ3n) is 4.46. The Morgan fingerprint density at radius 3 is 2.52 bits per heavy atom. The number of nitrogens with zero attached hydrogens (tertiary/aromatic N) is 3.